The molecular weight excluding hydrogens is 460 g/mol. The number of aromatic nitrogens is 2. The van der Waals surface area contributed by atoms with Gasteiger partial charge >= 0.3 is 0 Å². The van der Waals surface area contributed by atoms with Crippen LogP contribution < -0.4 is 14.5 Å². The average Bonchev–Trinajstić information content (AvgIpc) is 2.89. The van der Waals surface area contributed by atoms with E-state index in [1.165, 1.54) is 11.8 Å². The maximum Gasteiger partial charge on any atom is 0.232 e. The summed E-state index contributed by atoms with van der Waals surface area (Å²) in [6.45, 7) is 4.57. The maximum atomic E-state index is 9.20. The second-order valence-corrected chi connectivity index (χ2v) is 9.60. The van der Waals surface area contributed by atoms with Crippen molar-refractivity contribution >= 4 is 23.4 Å². The Morgan fingerprint density at radius 2 is 1.89 bits per heavy atom. The van der Waals surface area contributed by atoms with Crippen LogP contribution >= 0.6 is 11.8 Å². The monoisotopic (exact) mass is 490 g/mol. The van der Waals surface area contributed by atoms with Crippen LogP contribution in [0.2, 0.25) is 0 Å². The topological polar surface area (TPSA) is 88.8 Å². The molecule has 0 saturated carbocycles. The molecule has 1 saturated heterocycles. The van der Waals surface area contributed by atoms with Gasteiger partial charge in [-0.15, -0.1) is 0 Å². The lowest BCUT2D eigenvalue weighted by molar-refractivity contribution is 0.188. The van der Waals surface area contributed by atoms with E-state index < -0.39 is 0 Å². The molecule has 0 atom stereocenters. The van der Waals surface area contributed by atoms with E-state index in [0.29, 0.717) is 30.5 Å². The second kappa shape index (κ2) is 11.9. The Kier molecular flexibility index (Phi) is 8.42. The summed E-state index contributed by atoms with van der Waals surface area (Å²) in [6, 6.07) is 17.8. The van der Waals surface area contributed by atoms with Crippen LogP contribution in [0.5, 0.6) is 5.88 Å². The molecule has 0 amide bonds. The van der Waals surface area contributed by atoms with Gasteiger partial charge in [-0.05, 0) is 42.0 Å². The number of aliphatic hydroxyl groups is 1. The molecule has 1 N–H and O–H groups in total. The zero-order valence-corrected chi connectivity index (χ0v) is 20.9. The minimum Gasteiger partial charge on any atom is -0.472 e. The van der Waals surface area contributed by atoms with Crippen LogP contribution in [0.25, 0.3) is 0 Å². The lowest BCUT2D eigenvalue weighted by atomic mass is 10.2. The lowest BCUT2D eigenvalue weighted by Crippen LogP contribution is -2.47. The zero-order valence-electron chi connectivity index (χ0n) is 20.1. The number of aliphatic hydroxyl groups excluding tert-OH is 1. The van der Waals surface area contributed by atoms with Crippen LogP contribution in [0.3, 0.4) is 0 Å². The highest BCUT2D eigenvalue weighted by molar-refractivity contribution is 7.99. The summed E-state index contributed by atoms with van der Waals surface area (Å²) < 4.78 is 6.25. The van der Waals surface area contributed by atoms with E-state index in [2.05, 4.69) is 37.9 Å². The molecule has 1 aromatic heterocycles. The van der Waals surface area contributed by atoms with E-state index in [1.54, 1.807) is 12.1 Å². The molecule has 2 heterocycles. The number of piperazine rings is 1. The van der Waals surface area contributed by atoms with Crippen molar-refractivity contribution in [3.05, 3.63) is 65.9 Å². The molecule has 4 rings (SSSR count). The summed E-state index contributed by atoms with van der Waals surface area (Å²) in [5, 5.41) is 18.3. The summed E-state index contributed by atoms with van der Waals surface area (Å²) >= 11 is 1.52. The van der Waals surface area contributed by atoms with Gasteiger partial charge in [0.25, 0.3) is 0 Å². The largest absolute Gasteiger partial charge is 0.472 e. The van der Waals surface area contributed by atoms with Crippen molar-refractivity contribution in [3.8, 4) is 11.9 Å². The minimum atomic E-state index is 0.171. The molecule has 0 bridgehead atoms. The fraction of sp³-hybridized carbons (Fsp3) is 0.346. The van der Waals surface area contributed by atoms with Crippen molar-refractivity contribution in [2.75, 3.05) is 63.2 Å². The molecule has 1 aliphatic rings. The summed E-state index contributed by atoms with van der Waals surface area (Å²) in [5.41, 5.74) is 2.80. The first-order valence-electron chi connectivity index (χ1n) is 11.6. The van der Waals surface area contributed by atoms with Gasteiger partial charge < -0.3 is 19.6 Å². The van der Waals surface area contributed by atoms with Gasteiger partial charge in [-0.25, -0.2) is 4.98 Å². The number of ether oxygens (including phenoxy) is 1. The third-order valence-electron chi connectivity index (χ3n) is 5.79. The Morgan fingerprint density at radius 1 is 1.11 bits per heavy atom. The Balaban J connectivity index is 1.55. The molecular formula is C26H30N6O2S. The lowest BCUT2D eigenvalue weighted by Gasteiger charge is -2.34. The van der Waals surface area contributed by atoms with Crippen LogP contribution in [0.4, 0.5) is 11.6 Å². The number of nitrogens with zero attached hydrogens (tertiary/aromatic N) is 6. The van der Waals surface area contributed by atoms with E-state index in [1.807, 2.05) is 44.6 Å². The van der Waals surface area contributed by atoms with Gasteiger partial charge in [-0.3, -0.25) is 4.90 Å². The molecule has 0 radical (unpaired) electrons. The van der Waals surface area contributed by atoms with Crippen LogP contribution in [0.1, 0.15) is 11.1 Å². The first kappa shape index (κ1) is 24.8. The molecule has 0 spiro atoms. The smallest absolute Gasteiger partial charge is 0.232 e. The number of nitriles is 1. The molecule has 3 aromatic rings. The van der Waals surface area contributed by atoms with Crippen LogP contribution in [-0.4, -0.2) is 73.4 Å². The van der Waals surface area contributed by atoms with Gasteiger partial charge in [0, 0.05) is 57.4 Å². The van der Waals surface area contributed by atoms with Crippen molar-refractivity contribution in [3.63, 3.8) is 0 Å². The molecule has 2 aromatic carbocycles. The Bertz CT molecular complexity index is 1160. The summed E-state index contributed by atoms with van der Waals surface area (Å²) in [7, 11) is 4.03. The number of benzene rings is 2. The van der Waals surface area contributed by atoms with Gasteiger partial charge in [-0.2, -0.15) is 10.2 Å². The fourth-order valence-electron chi connectivity index (χ4n) is 3.79. The highest BCUT2D eigenvalue weighted by Crippen LogP contribution is 2.35. The number of rotatable bonds is 9. The van der Waals surface area contributed by atoms with Crippen molar-refractivity contribution in [2.24, 2.45) is 0 Å². The number of anilines is 2. The number of hydrogen-bond acceptors (Lipinski definition) is 9. The van der Waals surface area contributed by atoms with E-state index in [9.17, 15) is 5.11 Å². The Hall–Kier alpha value is -3.32. The van der Waals surface area contributed by atoms with Gasteiger partial charge in [0.15, 0.2) is 0 Å². The first-order chi connectivity index (χ1) is 17.1. The fourth-order valence-corrected chi connectivity index (χ4v) is 4.61. The Morgan fingerprint density at radius 3 is 2.57 bits per heavy atom. The van der Waals surface area contributed by atoms with E-state index in [0.717, 1.165) is 47.2 Å². The quantitative estimate of drug-likeness (QED) is 0.485. The predicted molar refractivity (Wildman–Crippen MR) is 138 cm³/mol. The predicted octanol–water partition coefficient (Wildman–Crippen LogP) is 3.26. The van der Waals surface area contributed by atoms with Crippen molar-refractivity contribution < 1.29 is 9.84 Å². The van der Waals surface area contributed by atoms with Gasteiger partial charge in [0.2, 0.25) is 11.8 Å². The molecule has 0 unspecified atom stereocenters. The van der Waals surface area contributed by atoms with E-state index in [4.69, 9.17) is 15.0 Å². The highest BCUT2D eigenvalue weighted by Gasteiger charge is 2.20. The van der Waals surface area contributed by atoms with Gasteiger partial charge in [-0.1, -0.05) is 23.9 Å². The number of β-amino-alcohol motifs (C(OH)–C–C–N with tert-alkyl or cyclic N) is 1. The summed E-state index contributed by atoms with van der Waals surface area (Å²) in [6.07, 6.45) is 1.82. The van der Waals surface area contributed by atoms with Crippen molar-refractivity contribution in [1.29, 1.82) is 5.26 Å². The third-order valence-corrected chi connectivity index (χ3v) is 6.80. The maximum absolute atomic E-state index is 9.20. The highest BCUT2D eigenvalue weighted by atomic mass is 32.2. The second-order valence-electron chi connectivity index (χ2n) is 8.48. The Labute approximate surface area is 210 Å². The number of hydrogen-bond donors (Lipinski definition) is 1. The van der Waals surface area contributed by atoms with Gasteiger partial charge in [0.05, 0.1) is 29.3 Å². The SMILES string of the molecule is CN(C)c1cccc(COc2nc(N3CCN(CCO)CC3)ncc2Sc2ccc(C#N)cc2)c1. The minimum absolute atomic E-state index is 0.171. The van der Waals surface area contributed by atoms with Crippen LogP contribution in [-0.2, 0) is 6.61 Å². The molecule has 9 heteroatoms. The normalized spacial score (nSPS) is 13.9. The summed E-state index contributed by atoms with van der Waals surface area (Å²) in [5.74, 6) is 1.19. The standard InChI is InChI=1S/C26H30N6O2S/c1-30(2)22-5-3-4-21(16-22)19-34-25-24(35-23-8-6-20(17-27)7-9-23)18-28-26(29-25)32-12-10-31(11-13-32)14-15-33/h3-9,16,18,33H,10-15,19H2,1-2H3. The first-order valence-corrected chi connectivity index (χ1v) is 12.4. The molecule has 1 aliphatic heterocycles. The van der Waals surface area contributed by atoms with E-state index >= 15 is 0 Å². The third kappa shape index (κ3) is 6.63. The van der Waals surface area contributed by atoms with Crippen molar-refractivity contribution in [1.82, 2.24) is 14.9 Å². The van der Waals surface area contributed by atoms with Gasteiger partial charge in [0.1, 0.15) is 6.61 Å². The molecule has 1 fully saturated rings. The molecule has 0 aliphatic carbocycles. The molecule has 8 nitrogen and oxygen atoms in total. The van der Waals surface area contributed by atoms with Crippen molar-refractivity contribution in [2.45, 2.75) is 16.4 Å². The summed E-state index contributed by atoms with van der Waals surface area (Å²) in [4.78, 5) is 17.7. The van der Waals surface area contributed by atoms with Crippen LogP contribution in [0.15, 0.2) is 64.5 Å². The zero-order chi connectivity index (χ0) is 24.6. The van der Waals surface area contributed by atoms with E-state index in [-0.39, 0.29) is 6.61 Å². The average molecular weight is 491 g/mol. The molecule has 35 heavy (non-hydrogen) atoms. The molecule has 182 valence electrons. The van der Waals surface area contributed by atoms with Crippen LogP contribution in [0, 0.1) is 11.3 Å².